The SMILES string of the molecule is CC(C)N1CCN(c2ccccc2CC2CCCN2)C1=O. The molecule has 4 heteroatoms. The van der Waals surface area contributed by atoms with Gasteiger partial charge in [0.2, 0.25) is 0 Å². The van der Waals surface area contributed by atoms with E-state index in [2.05, 4.69) is 37.4 Å². The van der Waals surface area contributed by atoms with Gasteiger partial charge in [-0.3, -0.25) is 4.90 Å². The van der Waals surface area contributed by atoms with E-state index in [1.54, 1.807) is 0 Å². The minimum absolute atomic E-state index is 0.150. The van der Waals surface area contributed by atoms with Crippen LogP contribution in [0.5, 0.6) is 0 Å². The van der Waals surface area contributed by atoms with Gasteiger partial charge in [-0.15, -0.1) is 0 Å². The number of nitrogens with zero attached hydrogens (tertiary/aromatic N) is 2. The quantitative estimate of drug-likeness (QED) is 0.924. The van der Waals surface area contributed by atoms with Crippen molar-refractivity contribution in [2.24, 2.45) is 0 Å². The van der Waals surface area contributed by atoms with Crippen LogP contribution in [0.3, 0.4) is 0 Å². The number of urea groups is 1. The molecule has 1 unspecified atom stereocenters. The fourth-order valence-electron chi connectivity index (χ4n) is 3.40. The molecule has 114 valence electrons. The highest BCUT2D eigenvalue weighted by Crippen LogP contribution is 2.27. The molecule has 0 bridgehead atoms. The smallest absolute Gasteiger partial charge is 0.320 e. The fraction of sp³-hybridized carbons (Fsp3) is 0.588. The fourth-order valence-corrected chi connectivity index (χ4v) is 3.40. The summed E-state index contributed by atoms with van der Waals surface area (Å²) in [6, 6.07) is 9.35. The number of carbonyl (C=O) groups is 1. The molecule has 1 N–H and O–H groups in total. The first kappa shape index (κ1) is 14.4. The van der Waals surface area contributed by atoms with Gasteiger partial charge in [0.25, 0.3) is 0 Å². The number of anilines is 1. The highest BCUT2D eigenvalue weighted by molar-refractivity contribution is 5.95. The van der Waals surface area contributed by atoms with E-state index in [1.807, 2.05) is 15.9 Å². The van der Waals surface area contributed by atoms with E-state index in [0.29, 0.717) is 6.04 Å². The predicted octanol–water partition coefficient (Wildman–Crippen LogP) is 2.63. The van der Waals surface area contributed by atoms with Gasteiger partial charge in [0.05, 0.1) is 0 Å². The second kappa shape index (κ2) is 6.06. The molecule has 0 aliphatic carbocycles. The summed E-state index contributed by atoms with van der Waals surface area (Å²) in [5.41, 5.74) is 2.38. The Hall–Kier alpha value is -1.55. The van der Waals surface area contributed by atoms with E-state index in [9.17, 15) is 4.79 Å². The van der Waals surface area contributed by atoms with E-state index in [4.69, 9.17) is 0 Å². The molecule has 0 spiro atoms. The summed E-state index contributed by atoms with van der Waals surface area (Å²) in [7, 11) is 0. The molecule has 0 aromatic heterocycles. The lowest BCUT2D eigenvalue weighted by atomic mass is 10.0. The third-order valence-corrected chi connectivity index (χ3v) is 4.58. The van der Waals surface area contributed by atoms with Crippen molar-refractivity contribution in [3.05, 3.63) is 29.8 Å². The third kappa shape index (κ3) is 2.91. The highest BCUT2D eigenvalue weighted by atomic mass is 16.2. The Labute approximate surface area is 127 Å². The van der Waals surface area contributed by atoms with E-state index in [0.717, 1.165) is 31.7 Å². The molecule has 21 heavy (non-hydrogen) atoms. The van der Waals surface area contributed by atoms with Gasteiger partial charge in [0.15, 0.2) is 0 Å². The number of rotatable bonds is 4. The lowest BCUT2D eigenvalue weighted by molar-refractivity contribution is 0.209. The average Bonchev–Trinajstić information content (AvgIpc) is 3.09. The van der Waals surface area contributed by atoms with Crippen molar-refractivity contribution in [2.75, 3.05) is 24.5 Å². The Morgan fingerprint density at radius 1 is 1.29 bits per heavy atom. The normalized spacial score (nSPS) is 22.6. The van der Waals surface area contributed by atoms with Crippen LogP contribution >= 0.6 is 0 Å². The predicted molar refractivity (Wildman–Crippen MR) is 85.8 cm³/mol. The molecule has 3 rings (SSSR count). The van der Waals surface area contributed by atoms with E-state index in [-0.39, 0.29) is 12.1 Å². The van der Waals surface area contributed by atoms with Gasteiger partial charge in [-0.1, -0.05) is 18.2 Å². The zero-order chi connectivity index (χ0) is 14.8. The van der Waals surface area contributed by atoms with Gasteiger partial charge < -0.3 is 10.2 Å². The van der Waals surface area contributed by atoms with Gasteiger partial charge in [-0.2, -0.15) is 0 Å². The zero-order valence-corrected chi connectivity index (χ0v) is 13.0. The van der Waals surface area contributed by atoms with E-state index in [1.165, 1.54) is 18.4 Å². The van der Waals surface area contributed by atoms with Gasteiger partial charge in [-0.05, 0) is 51.3 Å². The summed E-state index contributed by atoms with van der Waals surface area (Å²) in [4.78, 5) is 16.5. The molecular formula is C17H25N3O. The number of carbonyl (C=O) groups excluding carboxylic acids is 1. The van der Waals surface area contributed by atoms with Crippen LogP contribution in [0, 0.1) is 0 Å². The lowest BCUT2D eigenvalue weighted by Crippen LogP contribution is -2.36. The van der Waals surface area contributed by atoms with Crippen LogP contribution in [-0.4, -0.2) is 42.6 Å². The molecule has 2 aliphatic rings. The number of hydrogen-bond acceptors (Lipinski definition) is 2. The maximum Gasteiger partial charge on any atom is 0.324 e. The van der Waals surface area contributed by atoms with Crippen LogP contribution in [0.1, 0.15) is 32.3 Å². The number of para-hydroxylation sites is 1. The molecule has 0 radical (unpaired) electrons. The van der Waals surface area contributed by atoms with Crippen molar-refractivity contribution < 1.29 is 4.79 Å². The Balaban J connectivity index is 1.80. The molecule has 0 saturated carbocycles. The molecule has 1 atom stereocenters. The minimum atomic E-state index is 0.150. The Morgan fingerprint density at radius 3 is 2.76 bits per heavy atom. The average molecular weight is 287 g/mol. The van der Waals surface area contributed by atoms with Crippen molar-refractivity contribution in [3.63, 3.8) is 0 Å². The third-order valence-electron chi connectivity index (χ3n) is 4.58. The maximum absolute atomic E-state index is 12.6. The molecule has 2 saturated heterocycles. The summed E-state index contributed by atoms with van der Waals surface area (Å²) >= 11 is 0. The summed E-state index contributed by atoms with van der Waals surface area (Å²) in [5.74, 6) is 0. The molecule has 1 aromatic rings. The van der Waals surface area contributed by atoms with Crippen LogP contribution < -0.4 is 10.2 Å². The van der Waals surface area contributed by atoms with Gasteiger partial charge in [-0.25, -0.2) is 4.79 Å². The van der Waals surface area contributed by atoms with Crippen molar-refractivity contribution in [1.29, 1.82) is 0 Å². The molecule has 2 amide bonds. The molecule has 4 nitrogen and oxygen atoms in total. The monoisotopic (exact) mass is 287 g/mol. The minimum Gasteiger partial charge on any atom is -0.320 e. The highest BCUT2D eigenvalue weighted by Gasteiger charge is 2.32. The zero-order valence-electron chi connectivity index (χ0n) is 13.0. The first-order valence-electron chi connectivity index (χ1n) is 8.06. The number of benzene rings is 1. The van der Waals surface area contributed by atoms with Gasteiger partial charge >= 0.3 is 6.03 Å². The molecule has 1 aromatic carbocycles. The maximum atomic E-state index is 12.6. The van der Waals surface area contributed by atoms with Crippen molar-refractivity contribution in [1.82, 2.24) is 10.2 Å². The van der Waals surface area contributed by atoms with Crippen LogP contribution in [0.4, 0.5) is 10.5 Å². The molecule has 2 heterocycles. The van der Waals surface area contributed by atoms with Crippen molar-refractivity contribution in [3.8, 4) is 0 Å². The second-order valence-electron chi connectivity index (χ2n) is 6.35. The van der Waals surface area contributed by atoms with Crippen LogP contribution in [0.25, 0.3) is 0 Å². The summed E-state index contributed by atoms with van der Waals surface area (Å²) < 4.78 is 0. The van der Waals surface area contributed by atoms with Gasteiger partial charge in [0.1, 0.15) is 0 Å². The standard InChI is InChI=1S/C17H25N3O/c1-13(2)19-10-11-20(17(19)21)16-8-4-3-6-14(16)12-15-7-5-9-18-15/h3-4,6,8,13,15,18H,5,7,9-12H2,1-2H3. The second-order valence-corrected chi connectivity index (χ2v) is 6.35. The number of nitrogens with one attached hydrogen (secondary N) is 1. The Morgan fingerprint density at radius 2 is 2.10 bits per heavy atom. The van der Waals surface area contributed by atoms with Crippen LogP contribution in [0.2, 0.25) is 0 Å². The van der Waals surface area contributed by atoms with Crippen LogP contribution in [-0.2, 0) is 6.42 Å². The first-order chi connectivity index (χ1) is 10.2. The number of amides is 2. The molecule has 2 fully saturated rings. The Bertz CT molecular complexity index is 509. The summed E-state index contributed by atoms with van der Waals surface area (Å²) in [6.45, 7) is 6.90. The van der Waals surface area contributed by atoms with Crippen molar-refractivity contribution in [2.45, 2.75) is 45.2 Å². The summed E-state index contributed by atoms with van der Waals surface area (Å²) in [6.07, 6.45) is 3.51. The van der Waals surface area contributed by atoms with E-state index < -0.39 is 0 Å². The van der Waals surface area contributed by atoms with Crippen molar-refractivity contribution >= 4 is 11.7 Å². The molecular weight excluding hydrogens is 262 g/mol. The Kier molecular flexibility index (Phi) is 4.15. The van der Waals surface area contributed by atoms with Crippen LogP contribution in [0.15, 0.2) is 24.3 Å². The molecule has 2 aliphatic heterocycles. The summed E-state index contributed by atoms with van der Waals surface area (Å²) in [5, 5.41) is 3.55. The van der Waals surface area contributed by atoms with E-state index >= 15 is 0 Å². The van der Waals surface area contributed by atoms with Gasteiger partial charge in [0, 0.05) is 30.9 Å². The topological polar surface area (TPSA) is 35.6 Å². The largest absolute Gasteiger partial charge is 0.324 e. The number of hydrogen-bond donors (Lipinski definition) is 1. The first-order valence-corrected chi connectivity index (χ1v) is 8.06. The lowest BCUT2D eigenvalue weighted by Gasteiger charge is -2.24.